The van der Waals surface area contributed by atoms with Crippen molar-refractivity contribution in [1.29, 1.82) is 0 Å². The van der Waals surface area contributed by atoms with Crippen molar-refractivity contribution in [1.82, 2.24) is 9.78 Å². The normalized spacial score (nSPS) is 10.2. The summed E-state index contributed by atoms with van der Waals surface area (Å²) in [5, 5.41) is 16.2. The van der Waals surface area contributed by atoms with Gasteiger partial charge >= 0.3 is 5.97 Å². The highest BCUT2D eigenvalue weighted by molar-refractivity contribution is 6.06. The van der Waals surface area contributed by atoms with Crippen molar-refractivity contribution in [3.63, 3.8) is 0 Å². The molecule has 0 unspecified atom stereocenters. The van der Waals surface area contributed by atoms with Crippen LogP contribution in [0.25, 0.3) is 0 Å². The van der Waals surface area contributed by atoms with E-state index in [0.29, 0.717) is 5.69 Å². The minimum Gasteiger partial charge on any atom is -0.507 e. The van der Waals surface area contributed by atoms with Crippen LogP contribution < -0.4 is 5.32 Å². The molecule has 0 aliphatic rings. The number of nitrogens with one attached hydrogen (secondary N) is 1. The number of methoxy groups -OCH3 is 1. The lowest BCUT2D eigenvalue weighted by Gasteiger charge is -2.05. The summed E-state index contributed by atoms with van der Waals surface area (Å²) in [7, 11) is 1.29. The highest BCUT2D eigenvalue weighted by Crippen LogP contribution is 2.19. The van der Waals surface area contributed by atoms with E-state index in [-0.39, 0.29) is 17.9 Å². The summed E-state index contributed by atoms with van der Waals surface area (Å²) in [6.45, 7) is 1.78. The van der Waals surface area contributed by atoms with Gasteiger partial charge in [0.2, 0.25) is 0 Å². The van der Waals surface area contributed by atoms with Gasteiger partial charge in [-0.2, -0.15) is 5.10 Å². The van der Waals surface area contributed by atoms with Crippen molar-refractivity contribution in [2.24, 2.45) is 0 Å². The van der Waals surface area contributed by atoms with Crippen molar-refractivity contribution in [2.45, 2.75) is 13.5 Å². The van der Waals surface area contributed by atoms with Crippen LogP contribution in [0.4, 0.5) is 5.69 Å². The molecule has 1 aromatic carbocycles. The van der Waals surface area contributed by atoms with E-state index < -0.39 is 11.9 Å². The van der Waals surface area contributed by atoms with Crippen LogP contribution in [0.2, 0.25) is 0 Å². The molecule has 1 amide bonds. The molecule has 2 N–H and O–H groups in total. The number of rotatable bonds is 4. The van der Waals surface area contributed by atoms with Crippen LogP contribution in [0.5, 0.6) is 5.75 Å². The predicted octanol–water partition coefficient (Wildman–Crippen LogP) is 1.32. The SMILES string of the molecule is COC(=O)Cn1cc(NC(=O)c2cc(C)ccc2O)cn1. The second kappa shape index (κ2) is 6.08. The number of aryl methyl sites for hydroxylation is 1. The number of ether oxygens (including phenoxy) is 1. The third-order valence-electron chi connectivity index (χ3n) is 2.81. The fourth-order valence-corrected chi connectivity index (χ4v) is 1.74. The van der Waals surface area contributed by atoms with Gasteiger partial charge in [-0.1, -0.05) is 11.6 Å². The lowest BCUT2D eigenvalue weighted by atomic mass is 10.1. The Morgan fingerprint density at radius 2 is 2.19 bits per heavy atom. The summed E-state index contributed by atoms with van der Waals surface area (Å²) in [5.74, 6) is -0.985. The molecule has 0 saturated carbocycles. The maximum Gasteiger partial charge on any atom is 0.327 e. The molecule has 2 rings (SSSR count). The Morgan fingerprint density at radius 1 is 1.43 bits per heavy atom. The number of benzene rings is 1. The molecule has 2 aromatic rings. The predicted molar refractivity (Wildman–Crippen MR) is 75.0 cm³/mol. The average Bonchev–Trinajstić information content (AvgIpc) is 2.88. The Hall–Kier alpha value is -2.83. The van der Waals surface area contributed by atoms with E-state index in [1.54, 1.807) is 12.1 Å². The van der Waals surface area contributed by atoms with Crippen LogP contribution in [-0.4, -0.2) is 33.9 Å². The molecule has 0 aliphatic carbocycles. The Bertz CT molecular complexity index is 679. The summed E-state index contributed by atoms with van der Waals surface area (Å²) in [5.41, 5.74) is 1.46. The monoisotopic (exact) mass is 289 g/mol. The van der Waals surface area contributed by atoms with Crippen LogP contribution in [0.15, 0.2) is 30.6 Å². The van der Waals surface area contributed by atoms with Crippen LogP contribution in [0.1, 0.15) is 15.9 Å². The molecule has 0 fully saturated rings. The number of carbonyl (C=O) groups is 2. The van der Waals surface area contributed by atoms with Crippen molar-refractivity contribution < 1.29 is 19.4 Å². The zero-order valence-electron chi connectivity index (χ0n) is 11.7. The molecule has 0 radical (unpaired) electrons. The van der Waals surface area contributed by atoms with Crippen molar-refractivity contribution in [3.05, 3.63) is 41.7 Å². The minimum atomic E-state index is -0.450. The van der Waals surface area contributed by atoms with E-state index in [4.69, 9.17) is 0 Å². The largest absolute Gasteiger partial charge is 0.507 e. The number of carbonyl (C=O) groups excluding carboxylic acids is 2. The van der Waals surface area contributed by atoms with E-state index in [1.807, 2.05) is 6.92 Å². The first-order valence-electron chi connectivity index (χ1n) is 6.20. The first-order valence-corrected chi connectivity index (χ1v) is 6.20. The summed E-state index contributed by atoms with van der Waals surface area (Å²) in [6, 6.07) is 4.76. The molecule has 1 aromatic heterocycles. The topological polar surface area (TPSA) is 93.5 Å². The van der Waals surface area contributed by atoms with Gasteiger partial charge in [0.05, 0.1) is 24.6 Å². The number of hydrogen-bond donors (Lipinski definition) is 2. The second-order valence-corrected chi connectivity index (χ2v) is 4.48. The zero-order chi connectivity index (χ0) is 15.4. The number of phenolic OH excluding ortho intramolecular Hbond substituents is 1. The number of aromatic nitrogens is 2. The molecular formula is C14H15N3O4. The number of nitrogens with zero attached hydrogens (tertiary/aromatic N) is 2. The first-order chi connectivity index (χ1) is 9.99. The first kappa shape index (κ1) is 14.6. The molecule has 0 atom stereocenters. The smallest absolute Gasteiger partial charge is 0.327 e. The molecule has 110 valence electrons. The van der Waals surface area contributed by atoms with E-state index in [9.17, 15) is 14.7 Å². The maximum absolute atomic E-state index is 12.1. The van der Waals surface area contributed by atoms with Gasteiger partial charge in [-0.05, 0) is 19.1 Å². The van der Waals surface area contributed by atoms with Crippen LogP contribution >= 0.6 is 0 Å². The van der Waals surface area contributed by atoms with Crippen molar-refractivity contribution in [3.8, 4) is 5.75 Å². The number of aromatic hydroxyl groups is 1. The van der Waals surface area contributed by atoms with Crippen LogP contribution in [-0.2, 0) is 16.1 Å². The number of esters is 1. The molecule has 0 bridgehead atoms. The van der Waals surface area contributed by atoms with Crippen LogP contribution in [0.3, 0.4) is 0 Å². The molecule has 1 heterocycles. The number of hydrogen-bond acceptors (Lipinski definition) is 5. The van der Waals surface area contributed by atoms with E-state index >= 15 is 0 Å². The summed E-state index contributed by atoms with van der Waals surface area (Å²) >= 11 is 0. The summed E-state index contributed by atoms with van der Waals surface area (Å²) in [6.07, 6.45) is 2.91. The second-order valence-electron chi connectivity index (χ2n) is 4.48. The van der Waals surface area contributed by atoms with Crippen molar-refractivity contribution >= 4 is 17.6 Å². The molecule has 7 heteroatoms. The quantitative estimate of drug-likeness (QED) is 0.828. The van der Waals surface area contributed by atoms with Gasteiger partial charge < -0.3 is 15.2 Å². The number of anilines is 1. The summed E-state index contributed by atoms with van der Waals surface area (Å²) < 4.78 is 5.87. The molecule has 0 aliphatic heterocycles. The summed E-state index contributed by atoms with van der Waals surface area (Å²) in [4.78, 5) is 23.2. The van der Waals surface area contributed by atoms with Gasteiger partial charge in [-0.3, -0.25) is 14.3 Å². The molecule has 21 heavy (non-hydrogen) atoms. The van der Waals surface area contributed by atoms with E-state index in [2.05, 4.69) is 15.2 Å². The van der Waals surface area contributed by atoms with Gasteiger partial charge in [0.15, 0.2) is 0 Å². The van der Waals surface area contributed by atoms with Gasteiger partial charge in [-0.25, -0.2) is 0 Å². The molecule has 0 spiro atoms. The number of phenols is 1. The van der Waals surface area contributed by atoms with E-state index in [1.165, 1.54) is 30.3 Å². The average molecular weight is 289 g/mol. The fourth-order valence-electron chi connectivity index (χ4n) is 1.74. The van der Waals surface area contributed by atoms with Crippen molar-refractivity contribution in [2.75, 3.05) is 12.4 Å². The Morgan fingerprint density at radius 3 is 2.90 bits per heavy atom. The molecule has 0 saturated heterocycles. The van der Waals surface area contributed by atoms with Gasteiger partial charge in [0.25, 0.3) is 5.91 Å². The Balaban J connectivity index is 2.09. The molecule has 7 nitrogen and oxygen atoms in total. The Kier molecular flexibility index (Phi) is 4.22. The van der Waals surface area contributed by atoms with E-state index in [0.717, 1.165) is 5.56 Å². The zero-order valence-corrected chi connectivity index (χ0v) is 11.7. The highest BCUT2D eigenvalue weighted by Gasteiger charge is 2.13. The maximum atomic E-state index is 12.1. The lowest BCUT2D eigenvalue weighted by Crippen LogP contribution is -2.13. The fraction of sp³-hybridized carbons (Fsp3) is 0.214. The number of amides is 1. The third-order valence-corrected chi connectivity index (χ3v) is 2.81. The minimum absolute atomic E-state index is 0.0396. The van der Waals surface area contributed by atoms with Gasteiger partial charge in [-0.15, -0.1) is 0 Å². The highest BCUT2D eigenvalue weighted by atomic mass is 16.5. The van der Waals surface area contributed by atoms with Gasteiger partial charge in [0.1, 0.15) is 12.3 Å². The van der Waals surface area contributed by atoms with Crippen LogP contribution in [0, 0.1) is 6.92 Å². The lowest BCUT2D eigenvalue weighted by molar-refractivity contribution is -0.141. The van der Waals surface area contributed by atoms with Gasteiger partial charge in [0, 0.05) is 6.20 Å². The third kappa shape index (κ3) is 3.59. The molecular weight excluding hydrogens is 274 g/mol. The standard InChI is InChI=1S/C14H15N3O4/c1-9-3-4-12(18)11(5-9)14(20)16-10-6-15-17(7-10)8-13(19)21-2/h3-7,18H,8H2,1-2H3,(H,16,20). The Labute approximate surface area is 121 Å².